The number of benzene rings is 1. The SMILES string of the molecule is CC1(C)CCCC(NC(=O)c2ccc(CCl)cc2)C1. The predicted molar refractivity (Wildman–Crippen MR) is 79.5 cm³/mol. The van der Waals surface area contributed by atoms with Gasteiger partial charge >= 0.3 is 0 Å². The van der Waals surface area contributed by atoms with Crippen LogP contribution < -0.4 is 5.32 Å². The van der Waals surface area contributed by atoms with E-state index in [0.29, 0.717) is 17.3 Å². The number of carbonyl (C=O) groups is 1. The van der Waals surface area contributed by atoms with Crippen LogP contribution in [0.4, 0.5) is 0 Å². The Bertz CT molecular complexity index is 439. The summed E-state index contributed by atoms with van der Waals surface area (Å²) in [7, 11) is 0. The number of hydrogen-bond acceptors (Lipinski definition) is 1. The molecule has 1 aromatic rings. The summed E-state index contributed by atoms with van der Waals surface area (Å²) in [6.07, 6.45) is 4.61. The summed E-state index contributed by atoms with van der Waals surface area (Å²) in [4.78, 5) is 12.2. The van der Waals surface area contributed by atoms with Crippen molar-refractivity contribution in [2.24, 2.45) is 5.41 Å². The zero-order valence-electron chi connectivity index (χ0n) is 11.7. The van der Waals surface area contributed by atoms with E-state index in [0.717, 1.165) is 24.0 Å². The Morgan fingerprint density at radius 2 is 2.05 bits per heavy atom. The quantitative estimate of drug-likeness (QED) is 0.829. The van der Waals surface area contributed by atoms with Crippen LogP contribution in [-0.4, -0.2) is 11.9 Å². The van der Waals surface area contributed by atoms with Crippen LogP contribution in [-0.2, 0) is 5.88 Å². The number of rotatable bonds is 3. The molecule has 0 heterocycles. The molecule has 2 nitrogen and oxygen atoms in total. The van der Waals surface area contributed by atoms with Crippen molar-refractivity contribution in [3.8, 4) is 0 Å². The fourth-order valence-electron chi connectivity index (χ4n) is 2.84. The number of amides is 1. The highest BCUT2D eigenvalue weighted by atomic mass is 35.5. The smallest absolute Gasteiger partial charge is 0.251 e. The Balaban J connectivity index is 1.96. The first kappa shape index (κ1) is 14.4. The largest absolute Gasteiger partial charge is 0.349 e. The van der Waals surface area contributed by atoms with E-state index in [1.165, 1.54) is 12.8 Å². The van der Waals surface area contributed by atoms with E-state index >= 15 is 0 Å². The molecule has 1 saturated carbocycles. The lowest BCUT2D eigenvalue weighted by atomic mass is 9.75. The van der Waals surface area contributed by atoms with E-state index in [4.69, 9.17) is 11.6 Å². The summed E-state index contributed by atoms with van der Waals surface area (Å²) in [6.45, 7) is 4.56. The molecule has 19 heavy (non-hydrogen) atoms. The highest BCUT2D eigenvalue weighted by Crippen LogP contribution is 2.35. The molecule has 1 N–H and O–H groups in total. The Morgan fingerprint density at radius 1 is 1.37 bits per heavy atom. The highest BCUT2D eigenvalue weighted by Gasteiger charge is 2.28. The molecule has 1 aromatic carbocycles. The molecule has 0 bridgehead atoms. The summed E-state index contributed by atoms with van der Waals surface area (Å²) in [5.74, 6) is 0.516. The topological polar surface area (TPSA) is 29.1 Å². The molecule has 0 saturated heterocycles. The van der Waals surface area contributed by atoms with E-state index in [1.807, 2.05) is 24.3 Å². The number of hydrogen-bond donors (Lipinski definition) is 1. The normalized spacial score (nSPS) is 21.9. The van der Waals surface area contributed by atoms with Gasteiger partial charge in [0, 0.05) is 17.5 Å². The van der Waals surface area contributed by atoms with E-state index in [2.05, 4.69) is 19.2 Å². The zero-order chi connectivity index (χ0) is 13.9. The average molecular weight is 280 g/mol. The first-order chi connectivity index (χ1) is 9.00. The van der Waals surface area contributed by atoms with E-state index < -0.39 is 0 Å². The van der Waals surface area contributed by atoms with Crippen molar-refractivity contribution < 1.29 is 4.79 Å². The molecule has 1 fully saturated rings. The minimum atomic E-state index is 0.0313. The van der Waals surface area contributed by atoms with Crippen molar-refractivity contribution in [1.29, 1.82) is 0 Å². The fraction of sp³-hybridized carbons (Fsp3) is 0.562. The van der Waals surface area contributed by atoms with Gasteiger partial charge < -0.3 is 5.32 Å². The maximum Gasteiger partial charge on any atom is 0.251 e. The average Bonchev–Trinajstić information content (AvgIpc) is 2.37. The summed E-state index contributed by atoms with van der Waals surface area (Å²) in [5, 5.41) is 3.16. The van der Waals surface area contributed by atoms with E-state index in [9.17, 15) is 4.79 Å². The second kappa shape index (κ2) is 5.96. The summed E-state index contributed by atoms with van der Waals surface area (Å²) >= 11 is 5.75. The van der Waals surface area contributed by atoms with Gasteiger partial charge in [0.05, 0.1) is 0 Å². The second-order valence-corrected chi connectivity index (χ2v) is 6.53. The van der Waals surface area contributed by atoms with Crippen molar-refractivity contribution in [3.63, 3.8) is 0 Å². The van der Waals surface area contributed by atoms with Crippen LogP contribution in [0.3, 0.4) is 0 Å². The Hall–Kier alpha value is -1.02. The number of alkyl halides is 1. The predicted octanol–water partition coefficient (Wildman–Crippen LogP) is 4.12. The maximum absolute atomic E-state index is 12.2. The van der Waals surface area contributed by atoms with Crippen LogP contribution >= 0.6 is 11.6 Å². The Morgan fingerprint density at radius 3 is 2.63 bits per heavy atom. The van der Waals surface area contributed by atoms with Gasteiger partial charge in [-0.15, -0.1) is 11.6 Å². The lowest BCUT2D eigenvalue weighted by Crippen LogP contribution is -2.40. The third kappa shape index (κ3) is 3.97. The lowest BCUT2D eigenvalue weighted by molar-refractivity contribution is 0.0902. The molecule has 1 amide bonds. The van der Waals surface area contributed by atoms with Crippen molar-refractivity contribution in [2.75, 3.05) is 0 Å². The van der Waals surface area contributed by atoms with Gasteiger partial charge in [0.1, 0.15) is 0 Å². The maximum atomic E-state index is 12.2. The van der Waals surface area contributed by atoms with Crippen LogP contribution in [0.2, 0.25) is 0 Å². The fourth-order valence-corrected chi connectivity index (χ4v) is 3.01. The summed E-state index contributed by atoms with van der Waals surface area (Å²) < 4.78 is 0. The molecule has 1 aliphatic rings. The van der Waals surface area contributed by atoms with Crippen molar-refractivity contribution in [2.45, 2.75) is 51.5 Å². The van der Waals surface area contributed by atoms with Gasteiger partial charge in [0.2, 0.25) is 0 Å². The summed E-state index contributed by atoms with van der Waals surface area (Å²) in [6, 6.07) is 7.82. The van der Waals surface area contributed by atoms with Gasteiger partial charge in [0.15, 0.2) is 0 Å². The molecule has 1 aliphatic carbocycles. The monoisotopic (exact) mass is 279 g/mol. The standard InChI is InChI=1S/C16H22ClNO/c1-16(2)9-3-4-14(10-16)18-15(19)13-7-5-12(11-17)6-8-13/h5-8,14H,3-4,9-11H2,1-2H3,(H,18,19). The molecule has 1 unspecified atom stereocenters. The van der Waals surface area contributed by atoms with Gasteiger partial charge in [-0.25, -0.2) is 0 Å². The first-order valence-electron chi connectivity index (χ1n) is 6.96. The van der Waals surface area contributed by atoms with E-state index in [-0.39, 0.29) is 5.91 Å². The molecule has 1 atom stereocenters. The van der Waals surface area contributed by atoms with Crippen molar-refractivity contribution >= 4 is 17.5 Å². The third-order valence-corrected chi connectivity index (χ3v) is 4.22. The number of carbonyl (C=O) groups excluding carboxylic acids is 1. The molecular weight excluding hydrogens is 258 g/mol. The first-order valence-corrected chi connectivity index (χ1v) is 7.49. The van der Waals surface area contributed by atoms with Gasteiger partial charge in [-0.1, -0.05) is 32.4 Å². The van der Waals surface area contributed by atoms with Crippen LogP contribution in [0.15, 0.2) is 24.3 Å². The lowest BCUT2D eigenvalue weighted by Gasteiger charge is -2.35. The van der Waals surface area contributed by atoms with Crippen molar-refractivity contribution in [1.82, 2.24) is 5.32 Å². The molecule has 0 aromatic heterocycles. The van der Waals surface area contributed by atoms with Crippen molar-refractivity contribution in [3.05, 3.63) is 35.4 Å². The van der Waals surface area contributed by atoms with Gasteiger partial charge in [-0.2, -0.15) is 0 Å². The Kier molecular flexibility index (Phi) is 4.51. The third-order valence-electron chi connectivity index (χ3n) is 3.91. The van der Waals surface area contributed by atoms with Crippen LogP contribution in [0.1, 0.15) is 55.5 Å². The molecular formula is C16H22ClNO. The van der Waals surface area contributed by atoms with Crippen LogP contribution in [0.25, 0.3) is 0 Å². The minimum absolute atomic E-state index is 0.0313. The molecule has 104 valence electrons. The second-order valence-electron chi connectivity index (χ2n) is 6.26. The Labute approximate surface area is 120 Å². The van der Waals surface area contributed by atoms with Gasteiger partial charge in [-0.05, 0) is 42.4 Å². The number of nitrogens with one attached hydrogen (secondary N) is 1. The zero-order valence-corrected chi connectivity index (χ0v) is 12.5. The highest BCUT2D eigenvalue weighted by molar-refractivity contribution is 6.17. The molecule has 0 spiro atoms. The number of halogens is 1. The molecule has 3 heteroatoms. The van der Waals surface area contributed by atoms with Gasteiger partial charge in [0.25, 0.3) is 5.91 Å². The van der Waals surface area contributed by atoms with Gasteiger partial charge in [-0.3, -0.25) is 4.79 Å². The molecule has 0 aliphatic heterocycles. The summed E-state index contributed by atoms with van der Waals surface area (Å²) in [5.41, 5.74) is 2.10. The molecule has 0 radical (unpaired) electrons. The van der Waals surface area contributed by atoms with E-state index in [1.54, 1.807) is 0 Å². The molecule has 2 rings (SSSR count). The van der Waals surface area contributed by atoms with Crippen LogP contribution in [0, 0.1) is 5.41 Å². The minimum Gasteiger partial charge on any atom is -0.349 e. The van der Waals surface area contributed by atoms with Crippen LogP contribution in [0.5, 0.6) is 0 Å².